The zero-order chi connectivity index (χ0) is 14.8. The molecule has 2 N–H and O–H groups in total. The smallest absolute Gasteiger partial charge is 0.305 e. The molecule has 1 fully saturated rings. The summed E-state index contributed by atoms with van der Waals surface area (Å²) in [5, 5.41) is 3.36. The van der Waals surface area contributed by atoms with Crippen molar-refractivity contribution < 1.29 is 8.42 Å². The zero-order valence-corrected chi connectivity index (χ0v) is 13.4. The molecule has 1 saturated heterocycles. The van der Waals surface area contributed by atoms with Gasteiger partial charge in [-0.25, -0.2) is 8.42 Å². The van der Waals surface area contributed by atoms with E-state index >= 15 is 0 Å². The van der Waals surface area contributed by atoms with E-state index < -0.39 is 10.0 Å². The third kappa shape index (κ3) is 3.30. The molecule has 114 valence electrons. The quantitative estimate of drug-likeness (QED) is 0.845. The molecule has 1 unspecified atom stereocenters. The van der Waals surface area contributed by atoms with Crippen LogP contribution in [0.4, 0.5) is 0 Å². The number of H-pyrrole nitrogens is 1. The van der Waals surface area contributed by atoms with Crippen LogP contribution in [0.2, 0.25) is 0 Å². The minimum Gasteiger partial charge on any atom is -0.315 e. The Bertz CT molecular complexity index is 600. The van der Waals surface area contributed by atoms with Crippen molar-refractivity contribution >= 4 is 21.4 Å². The molecule has 0 bridgehead atoms. The number of thiazole rings is 1. The van der Waals surface area contributed by atoms with Gasteiger partial charge in [-0.2, -0.15) is 4.31 Å². The van der Waals surface area contributed by atoms with Gasteiger partial charge in [0.2, 0.25) is 0 Å². The lowest BCUT2D eigenvalue weighted by Crippen LogP contribution is -2.45. The predicted molar refractivity (Wildman–Crippen MR) is 79.8 cm³/mol. The van der Waals surface area contributed by atoms with Gasteiger partial charge in [-0.1, -0.05) is 24.7 Å². The molecular weight excluding hydrogens is 298 g/mol. The fourth-order valence-electron chi connectivity index (χ4n) is 2.48. The molecule has 1 aliphatic heterocycles. The number of nitrogens with one attached hydrogen (secondary N) is 2. The van der Waals surface area contributed by atoms with Crippen molar-refractivity contribution in [1.29, 1.82) is 0 Å². The van der Waals surface area contributed by atoms with Crippen LogP contribution in [0.15, 0.2) is 9.00 Å². The third-order valence-corrected chi connectivity index (χ3v) is 7.07. The first-order valence-electron chi connectivity index (χ1n) is 6.88. The van der Waals surface area contributed by atoms with E-state index in [-0.39, 0.29) is 15.1 Å². The molecule has 8 heteroatoms. The molecular formula is C12H21N3O3S2. The molecule has 6 nitrogen and oxygen atoms in total. The van der Waals surface area contributed by atoms with Gasteiger partial charge in [0.1, 0.15) is 0 Å². The monoisotopic (exact) mass is 319 g/mol. The van der Waals surface area contributed by atoms with E-state index in [0.29, 0.717) is 18.8 Å². The number of likely N-dealkylation sites (N-methyl/N-ethyl adjacent to an activating group) is 1. The minimum absolute atomic E-state index is 0.139. The Morgan fingerprint density at radius 2 is 2.15 bits per heavy atom. The van der Waals surface area contributed by atoms with Crippen molar-refractivity contribution in [3.8, 4) is 0 Å². The number of hydrogen-bond acceptors (Lipinski definition) is 5. The molecule has 1 aromatic heterocycles. The summed E-state index contributed by atoms with van der Waals surface area (Å²) >= 11 is 0.766. The molecule has 0 aromatic carbocycles. The SMILES string of the molecule is CCN(CC1CCCCN1)S(=O)(=O)c1sc(=O)[nH]c1C. The first kappa shape index (κ1) is 15.7. The fourth-order valence-corrected chi connectivity index (χ4v) is 5.41. The maximum atomic E-state index is 12.6. The summed E-state index contributed by atoms with van der Waals surface area (Å²) in [6.07, 6.45) is 3.27. The molecule has 1 aromatic rings. The topological polar surface area (TPSA) is 82.3 Å². The third-order valence-electron chi connectivity index (χ3n) is 3.54. The fraction of sp³-hybridized carbons (Fsp3) is 0.750. The average molecular weight is 319 g/mol. The van der Waals surface area contributed by atoms with Crippen molar-refractivity contribution in [2.75, 3.05) is 19.6 Å². The van der Waals surface area contributed by atoms with Crippen molar-refractivity contribution in [3.05, 3.63) is 15.4 Å². The van der Waals surface area contributed by atoms with E-state index in [4.69, 9.17) is 0 Å². The molecule has 2 heterocycles. The molecule has 0 saturated carbocycles. The van der Waals surface area contributed by atoms with E-state index in [1.807, 2.05) is 6.92 Å². The lowest BCUT2D eigenvalue weighted by Gasteiger charge is -2.29. The number of aromatic nitrogens is 1. The van der Waals surface area contributed by atoms with Crippen molar-refractivity contribution in [1.82, 2.24) is 14.6 Å². The van der Waals surface area contributed by atoms with Crippen LogP contribution in [0.1, 0.15) is 31.9 Å². The van der Waals surface area contributed by atoms with Crippen LogP contribution < -0.4 is 10.2 Å². The molecule has 0 radical (unpaired) electrons. The Kier molecular flexibility index (Phi) is 5.00. The van der Waals surface area contributed by atoms with E-state index in [1.54, 1.807) is 6.92 Å². The van der Waals surface area contributed by atoms with Gasteiger partial charge in [-0.3, -0.25) is 4.79 Å². The van der Waals surface area contributed by atoms with Gasteiger partial charge in [0.15, 0.2) is 4.21 Å². The van der Waals surface area contributed by atoms with Gasteiger partial charge < -0.3 is 10.3 Å². The summed E-state index contributed by atoms with van der Waals surface area (Å²) in [4.78, 5) is 13.5. The second-order valence-electron chi connectivity index (χ2n) is 5.03. The van der Waals surface area contributed by atoms with E-state index in [9.17, 15) is 13.2 Å². The van der Waals surface area contributed by atoms with E-state index in [1.165, 1.54) is 4.31 Å². The maximum Gasteiger partial charge on any atom is 0.305 e. The molecule has 2 rings (SSSR count). The molecule has 0 aliphatic carbocycles. The summed E-state index contributed by atoms with van der Waals surface area (Å²) < 4.78 is 26.8. The first-order valence-corrected chi connectivity index (χ1v) is 9.14. The number of aryl methyl sites for hydroxylation is 1. The standard InChI is InChI=1S/C12H21N3O3S2/c1-3-15(8-10-6-4-5-7-13-10)20(17,18)11-9(2)14-12(16)19-11/h10,13H,3-8H2,1-2H3,(H,14,16). The van der Waals surface area contributed by atoms with Crippen LogP contribution >= 0.6 is 11.3 Å². The summed E-state index contributed by atoms with van der Waals surface area (Å²) in [5.41, 5.74) is 0.426. The highest BCUT2D eigenvalue weighted by Gasteiger charge is 2.29. The van der Waals surface area contributed by atoms with Gasteiger partial charge in [0.25, 0.3) is 10.0 Å². The zero-order valence-electron chi connectivity index (χ0n) is 11.8. The average Bonchev–Trinajstić information content (AvgIpc) is 2.76. The van der Waals surface area contributed by atoms with Crippen LogP contribution in [0.25, 0.3) is 0 Å². The Labute approximate surface area is 123 Å². The maximum absolute atomic E-state index is 12.6. The van der Waals surface area contributed by atoms with E-state index in [2.05, 4.69) is 10.3 Å². The van der Waals surface area contributed by atoms with Gasteiger partial charge >= 0.3 is 4.87 Å². The Hall–Kier alpha value is -0.700. The molecule has 0 amide bonds. The highest BCUT2D eigenvalue weighted by molar-refractivity contribution is 7.91. The summed E-state index contributed by atoms with van der Waals surface area (Å²) in [6.45, 7) is 5.26. The normalized spacial score (nSPS) is 20.4. The van der Waals surface area contributed by atoms with Crippen molar-refractivity contribution in [2.45, 2.75) is 43.4 Å². The van der Waals surface area contributed by atoms with E-state index in [0.717, 1.165) is 37.1 Å². The summed E-state index contributed by atoms with van der Waals surface area (Å²) in [7, 11) is -3.58. The van der Waals surface area contributed by atoms with Crippen LogP contribution in [-0.2, 0) is 10.0 Å². The predicted octanol–water partition coefficient (Wildman–Crippen LogP) is 0.898. The Balaban J connectivity index is 2.20. The summed E-state index contributed by atoms with van der Waals surface area (Å²) in [5.74, 6) is 0. The van der Waals surface area contributed by atoms with Gasteiger partial charge in [0, 0.05) is 24.8 Å². The highest BCUT2D eigenvalue weighted by Crippen LogP contribution is 2.22. The largest absolute Gasteiger partial charge is 0.315 e. The minimum atomic E-state index is -3.58. The first-order chi connectivity index (χ1) is 9.45. The molecule has 1 atom stereocenters. The van der Waals surface area contributed by atoms with Crippen LogP contribution in [-0.4, -0.2) is 43.4 Å². The number of sulfonamides is 1. The second kappa shape index (κ2) is 6.38. The number of nitrogens with zero attached hydrogens (tertiary/aromatic N) is 1. The van der Waals surface area contributed by atoms with Crippen molar-refractivity contribution in [2.24, 2.45) is 0 Å². The number of rotatable bonds is 5. The Morgan fingerprint density at radius 1 is 1.40 bits per heavy atom. The van der Waals surface area contributed by atoms with Crippen LogP contribution in [0, 0.1) is 6.92 Å². The van der Waals surface area contributed by atoms with Crippen LogP contribution in [0.3, 0.4) is 0 Å². The van der Waals surface area contributed by atoms with Gasteiger partial charge in [-0.05, 0) is 26.3 Å². The Morgan fingerprint density at radius 3 is 2.65 bits per heavy atom. The number of hydrogen-bond donors (Lipinski definition) is 2. The second-order valence-corrected chi connectivity index (χ2v) is 8.15. The summed E-state index contributed by atoms with van der Waals surface area (Å²) in [6, 6.07) is 0.203. The molecule has 20 heavy (non-hydrogen) atoms. The molecule has 1 aliphatic rings. The van der Waals surface area contributed by atoms with Gasteiger partial charge in [0.05, 0.1) is 0 Å². The van der Waals surface area contributed by atoms with Crippen molar-refractivity contribution in [3.63, 3.8) is 0 Å². The lowest BCUT2D eigenvalue weighted by molar-refractivity contribution is 0.319. The number of piperidine rings is 1. The molecule has 0 spiro atoms. The van der Waals surface area contributed by atoms with Crippen LogP contribution in [0.5, 0.6) is 0 Å². The van der Waals surface area contributed by atoms with Gasteiger partial charge in [-0.15, -0.1) is 0 Å². The number of aromatic amines is 1. The highest BCUT2D eigenvalue weighted by atomic mass is 32.2. The lowest BCUT2D eigenvalue weighted by atomic mass is 10.1.